The average Bonchev–Trinajstić information content (AvgIpc) is 3.08. The quantitative estimate of drug-likeness (QED) is 0.795. The predicted octanol–water partition coefficient (Wildman–Crippen LogP) is 3.70. The Bertz CT molecular complexity index is 812. The van der Waals surface area contributed by atoms with Gasteiger partial charge in [-0.2, -0.15) is 0 Å². The fourth-order valence-corrected chi connectivity index (χ4v) is 3.41. The van der Waals surface area contributed by atoms with Crippen molar-refractivity contribution in [2.45, 2.75) is 18.4 Å². The first kappa shape index (κ1) is 14.1. The zero-order valence-corrected chi connectivity index (χ0v) is 12.6. The van der Waals surface area contributed by atoms with Crippen molar-refractivity contribution in [2.75, 3.05) is 6.61 Å². The van der Waals surface area contributed by atoms with Gasteiger partial charge in [-0.25, -0.2) is 0 Å². The molecule has 23 heavy (non-hydrogen) atoms. The van der Waals surface area contributed by atoms with Gasteiger partial charge in [0.2, 0.25) is 0 Å². The summed E-state index contributed by atoms with van der Waals surface area (Å²) in [6, 6.07) is 16.5. The molecule has 2 aliphatic rings. The molecule has 1 heterocycles. The Morgan fingerprint density at radius 3 is 2.35 bits per heavy atom. The van der Waals surface area contributed by atoms with Crippen molar-refractivity contribution < 1.29 is 14.3 Å². The molecule has 1 atom stereocenters. The van der Waals surface area contributed by atoms with Crippen LogP contribution in [0.5, 0.6) is 0 Å². The number of fused-ring (bicyclic) bond motifs is 1. The van der Waals surface area contributed by atoms with Crippen molar-refractivity contribution in [3.63, 3.8) is 0 Å². The minimum Gasteiger partial charge on any atom is -0.363 e. The summed E-state index contributed by atoms with van der Waals surface area (Å²) in [5, 5.41) is 0. The maximum absolute atomic E-state index is 13.0. The van der Waals surface area contributed by atoms with Crippen molar-refractivity contribution in [3.8, 4) is 0 Å². The van der Waals surface area contributed by atoms with E-state index in [1.807, 2.05) is 36.4 Å². The average molecular weight is 304 g/mol. The van der Waals surface area contributed by atoms with Crippen molar-refractivity contribution in [2.24, 2.45) is 0 Å². The number of rotatable bonds is 2. The van der Waals surface area contributed by atoms with Gasteiger partial charge < -0.3 is 4.74 Å². The molecule has 1 saturated heterocycles. The molecule has 4 rings (SSSR count). The zero-order valence-electron chi connectivity index (χ0n) is 12.6. The third-order valence-electron chi connectivity index (χ3n) is 4.56. The molecule has 2 aromatic carbocycles. The molecule has 0 bridgehead atoms. The van der Waals surface area contributed by atoms with E-state index in [1.165, 1.54) is 0 Å². The van der Waals surface area contributed by atoms with Crippen LogP contribution in [0.2, 0.25) is 0 Å². The molecule has 3 nitrogen and oxygen atoms in total. The minimum absolute atomic E-state index is 0.0322. The fourth-order valence-electron chi connectivity index (χ4n) is 3.41. The Morgan fingerprint density at radius 2 is 1.65 bits per heavy atom. The highest BCUT2D eigenvalue weighted by molar-refractivity contribution is 6.33. The predicted molar refractivity (Wildman–Crippen MR) is 87.4 cm³/mol. The number of allylic oxidation sites excluding steroid dienone is 1. The zero-order chi connectivity index (χ0) is 15.9. The van der Waals surface area contributed by atoms with Gasteiger partial charge >= 0.3 is 0 Å². The highest BCUT2D eigenvalue weighted by atomic mass is 16.5. The summed E-state index contributed by atoms with van der Waals surface area (Å²) in [6.45, 7) is 0.553. The van der Waals surface area contributed by atoms with Gasteiger partial charge in [0.15, 0.2) is 11.6 Å². The standard InChI is InChI=1S/C20H16O3/c21-18(14-7-2-1-3-8-14)17-13-20(11-6-12-23-20)19(22)16-10-5-4-9-15(16)17/h1-5,7-10,13H,6,11-12H2. The molecule has 3 heteroatoms. The molecule has 0 amide bonds. The third-order valence-corrected chi connectivity index (χ3v) is 4.56. The van der Waals surface area contributed by atoms with E-state index in [1.54, 1.807) is 24.3 Å². The summed E-state index contributed by atoms with van der Waals surface area (Å²) < 4.78 is 5.79. The Labute approximate surface area is 134 Å². The maximum Gasteiger partial charge on any atom is 0.199 e. The maximum atomic E-state index is 13.0. The molecule has 1 unspecified atom stereocenters. The number of carbonyl (C=O) groups is 2. The van der Waals surface area contributed by atoms with E-state index >= 15 is 0 Å². The van der Waals surface area contributed by atoms with Gasteiger partial charge in [-0.1, -0.05) is 54.6 Å². The summed E-state index contributed by atoms with van der Waals surface area (Å²) >= 11 is 0. The smallest absolute Gasteiger partial charge is 0.199 e. The monoisotopic (exact) mass is 304 g/mol. The SMILES string of the molecule is O=C(C1=CC2(CCCO2)C(=O)c2ccccc21)c1ccccc1. The number of benzene rings is 2. The summed E-state index contributed by atoms with van der Waals surface area (Å²) in [5.41, 5.74) is 1.50. The lowest BCUT2D eigenvalue weighted by Gasteiger charge is -2.30. The van der Waals surface area contributed by atoms with Crippen molar-refractivity contribution >= 4 is 17.1 Å². The summed E-state index contributed by atoms with van der Waals surface area (Å²) in [6.07, 6.45) is 3.21. The topological polar surface area (TPSA) is 43.4 Å². The number of Topliss-reactive ketones (excluding diaryl/α,β-unsaturated/α-hetero) is 2. The molecule has 0 radical (unpaired) electrons. The highest BCUT2D eigenvalue weighted by Gasteiger charge is 2.46. The molecule has 114 valence electrons. The van der Waals surface area contributed by atoms with Gasteiger partial charge in [-0.05, 0) is 24.5 Å². The second-order valence-electron chi connectivity index (χ2n) is 5.97. The van der Waals surface area contributed by atoms with Gasteiger partial charge in [-0.3, -0.25) is 9.59 Å². The van der Waals surface area contributed by atoms with Gasteiger partial charge in [0.1, 0.15) is 5.60 Å². The molecule has 1 fully saturated rings. The van der Waals surface area contributed by atoms with Crippen LogP contribution < -0.4 is 0 Å². The van der Waals surface area contributed by atoms with Crippen LogP contribution in [0.4, 0.5) is 0 Å². The van der Waals surface area contributed by atoms with Crippen LogP contribution in [-0.2, 0) is 4.74 Å². The molecule has 1 aliphatic heterocycles. The van der Waals surface area contributed by atoms with E-state index in [4.69, 9.17) is 4.74 Å². The third kappa shape index (κ3) is 2.16. The van der Waals surface area contributed by atoms with Crippen LogP contribution in [-0.4, -0.2) is 23.8 Å². The van der Waals surface area contributed by atoms with Crippen LogP contribution in [0, 0.1) is 0 Å². The molecular weight excluding hydrogens is 288 g/mol. The largest absolute Gasteiger partial charge is 0.363 e. The Morgan fingerprint density at radius 1 is 0.957 bits per heavy atom. The Balaban J connectivity index is 1.89. The lowest BCUT2D eigenvalue weighted by molar-refractivity contribution is 0.0350. The van der Waals surface area contributed by atoms with Crippen LogP contribution >= 0.6 is 0 Å². The molecule has 1 spiro atoms. The lowest BCUT2D eigenvalue weighted by Crippen LogP contribution is -2.39. The molecule has 0 saturated carbocycles. The van der Waals surface area contributed by atoms with E-state index in [2.05, 4.69) is 0 Å². The number of hydrogen-bond donors (Lipinski definition) is 0. The van der Waals surface area contributed by atoms with Crippen LogP contribution in [0.3, 0.4) is 0 Å². The van der Waals surface area contributed by atoms with E-state index < -0.39 is 5.60 Å². The summed E-state index contributed by atoms with van der Waals surface area (Å²) in [7, 11) is 0. The lowest BCUT2D eigenvalue weighted by atomic mass is 9.77. The van der Waals surface area contributed by atoms with Crippen LogP contribution in [0.1, 0.15) is 39.1 Å². The second-order valence-corrected chi connectivity index (χ2v) is 5.97. The van der Waals surface area contributed by atoms with Gasteiger partial charge in [-0.15, -0.1) is 0 Å². The number of ketones is 2. The molecular formula is C20H16O3. The van der Waals surface area contributed by atoms with Crippen LogP contribution in [0.25, 0.3) is 5.57 Å². The Hall–Kier alpha value is -2.52. The molecule has 2 aromatic rings. The normalized spacial score (nSPS) is 22.8. The van der Waals surface area contributed by atoms with E-state index in [9.17, 15) is 9.59 Å². The van der Waals surface area contributed by atoms with Gasteiger partial charge in [0, 0.05) is 23.3 Å². The fraction of sp³-hybridized carbons (Fsp3) is 0.200. The Kier molecular flexibility index (Phi) is 3.24. The first-order chi connectivity index (χ1) is 11.2. The summed E-state index contributed by atoms with van der Waals surface area (Å²) in [4.78, 5) is 25.8. The molecule has 0 aromatic heterocycles. The number of hydrogen-bond acceptors (Lipinski definition) is 3. The molecule has 1 aliphatic carbocycles. The first-order valence-electron chi connectivity index (χ1n) is 7.82. The van der Waals surface area contributed by atoms with E-state index in [0.29, 0.717) is 35.3 Å². The van der Waals surface area contributed by atoms with Crippen molar-refractivity contribution in [1.29, 1.82) is 0 Å². The highest BCUT2D eigenvalue weighted by Crippen LogP contribution is 2.40. The van der Waals surface area contributed by atoms with Crippen LogP contribution in [0.15, 0.2) is 60.7 Å². The van der Waals surface area contributed by atoms with Crippen molar-refractivity contribution in [1.82, 2.24) is 0 Å². The molecule has 0 N–H and O–H groups in total. The minimum atomic E-state index is -0.964. The number of ether oxygens (including phenoxy) is 1. The van der Waals surface area contributed by atoms with E-state index in [0.717, 1.165) is 6.42 Å². The van der Waals surface area contributed by atoms with Gasteiger partial charge in [0.05, 0.1) is 0 Å². The number of carbonyl (C=O) groups excluding carboxylic acids is 2. The first-order valence-corrected chi connectivity index (χ1v) is 7.82. The van der Waals surface area contributed by atoms with Gasteiger partial charge in [0.25, 0.3) is 0 Å². The van der Waals surface area contributed by atoms with E-state index in [-0.39, 0.29) is 11.6 Å². The summed E-state index contributed by atoms with van der Waals surface area (Å²) in [5.74, 6) is -0.101. The van der Waals surface area contributed by atoms with Crippen molar-refractivity contribution in [3.05, 3.63) is 77.4 Å². The second kappa shape index (κ2) is 5.28.